The zero-order valence-corrected chi connectivity index (χ0v) is 38.6. The highest BCUT2D eigenvalue weighted by Crippen LogP contribution is 2.37. The van der Waals surface area contributed by atoms with Crippen LogP contribution in [0.15, 0.2) is 11.6 Å². The molecule has 5 aliphatic rings. The van der Waals surface area contributed by atoms with E-state index in [0.29, 0.717) is 19.3 Å². The lowest BCUT2D eigenvalue weighted by molar-refractivity contribution is -0.398. The predicted octanol–water partition coefficient (Wildman–Crippen LogP) is 0.900. The number of carbonyl (C=O) groups excluding carboxylic acids is 2. The van der Waals surface area contributed by atoms with E-state index in [2.05, 4.69) is 6.92 Å². The molecule has 8 N–H and O–H groups in total. The van der Waals surface area contributed by atoms with Crippen molar-refractivity contribution in [1.82, 2.24) is 0 Å². The first-order chi connectivity index (χ1) is 31.0. The van der Waals surface area contributed by atoms with E-state index in [1.807, 2.05) is 0 Å². The van der Waals surface area contributed by atoms with Crippen LogP contribution in [0.1, 0.15) is 125 Å². The molecule has 0 aromatic carbocycles. The third-order valence-electron chi connectivity index (χ3n) is 13.1. The highest BCUT2D eigenvalue weighted by Gasteiger charge is 2.57. The van der Waals surface area contributed by atoms with Crippen LogP contribution in [0.2, 0.25) is 0 Å². The number of unbranched alkanes of at least 4 members (excludes halogenated alkanes) is 2. The molecule has 0 unspecified atom stereocenters. The molecule has 5 fully saturated rings. The average molecular weight is 937 g/mol. The minimum atomic E-state index is -1.91. The number of fused-ring (bicyclic) bond motifs is 4. The molecular formula is C45H76O20. The van der Waals surface area contributed by atoms with Gasteiger partial charge in [0.05, 0.1) is 31.0 Å². The molecule has 5 heterocycles. The minimum Gasteiger partial charge on any atom is -0.455 e. The number of rotatable bonds is 9. The Morgan fingerprint density at radius 2 is 1.23 bits per heavy atom. The Morgan fingerprint density at radius 1 is 0.646 bits per heavy atom. The lowest BCUT2D eigenvalue weighted by atomic mass is 9.95. The van der Waals surface area contributed by atoms with E-state index in [9.17, 15) is 50.4 Å². The summed E-state index contributed by atoms with van der Waals surface area (Å²) in [4.78, 5) is 27.4. The van der Waals surface area contributed by atoms with E-state index < -0.39 is 141 Å². The second kappa shape index (κ2) is 25.6. The maximum atomic E-state index is 13.8. The maximum Gasteiger partial charge on any atom is 0.333 e. The van der Waals surface area contributed by atoms with Gasteiger partial charge in [0, 0.05) is 12.0 Å². The molecule has 5 aliphatic heterocycles. The fraction of sp³-hybridized carbons (Fsp3) is 0.911. The Morgan fingerprint density at radius 3 is 1.89 bits per heavy atom. The summed E-state index contributed by atoms with van der Waals surface area (Å²) in [5.74, 6) is -1.58. The number of allylic oxidation sites excluding steroid dienone is 1. The van der Waals surface area contributed by atoms with Gasteiger partial charge in [-0.3, -0.25) is 4.79 Å². The molecule has 5 rings (SSSR count). The normalized spacial score (nSPS) is 44.6. The summed E-state index contributed by atoms with van der Waals surface area (Å²) in [7, 11) is 0. The number of ether oxygens (including phenoxy) is 10. The molecular weight excluding hydrogens is 860 g/mol. The van der Waals surface area contributed by atoms with Crippen LogP contribution in [0.5, 0.6) is 0 Å². The van der Waals surface area contributed by atoms with Crippen LogP contribution >= 0.6 is 0 Å². The third-order valence-corrected chi connectivity index (χ3v) is 13.1. The molecule has 376 valence electrons. The summed E-state index contributed by atoms with van der Waals surface area (Å²) in [5.41, 5.74) is 0.136. The molecule has 0 saturated carbocycles. The van der Waals surface area contributed by atoms with Crippen molar-refractivity contribution in [3.63, 3.8) is 0 Å². The number of aliphatic hydroxyl groups excluding tert-OH is 8. The standard InChI is InChI=1S/C45H76O20/c1-7-9-15-18-26-19-16-13-11-10-12-14-17-20-28(47)61-39-36(63-42-35(54)32(51)29(48)23(4)56-42)25(6)58-45(40(39)62-41(55)22(3)8-2)65-38-34(53)31(50)27(21-46)60-44(38)64-37-33(52)30(49)24(5)57-43(37)59-26/h8,23-27,29-40,42-46,48-54H,7,9-21H2,1-6H3/b22-8+/t23-,24+,25-,26-,27+,29+,30-,31+,32+,33+,34+,35-,36-,37+,38-,39-,40+,42-,43-,44-,45-/m0/s1. The number of carbonyl (C=O) groups is 2. The Balaban J connectivity index is 1.56. The van der Waals surface area contributed by atoms with E-state index in [4.69, 9.17) is 47.4 Å². The van der Waals surface area contributed by atoms with Crippen LogP contribution in [0.4, 0.5) is 0 Å². The maximum absolute atomic E-state index is 13.8. The van der Waals surface area contributed by atoms with E-state index in [1.54, 1.807) is 13.8 Å². The summed E-state index contributed by atoms with van der Waals surface area (Å²) in [6.45, 7) is 8.93. The first kappa shape index (κ1) is 54.0. The Bertz CT molecular complexity index is 1490. The summed E-state index contributed by atoms with van der Waals surface area (Å²) in [6.07, 6.45) is -19.6. The molecule has 0 spiro atoms. The fourth-order valence-corrected chi connectivity index (χ4v) is 8.85. The van der Waals surface area contributed by atoms with Crippen molar-refractivity contribution in [3.05, 3.63) is 11.6 Å². The highest BCUT2D eigenvalue weighted by molar-refractivity contribution is 5.87. The van der Waals surface area contributed by atoms with Gasteiger partial charge in [-0.2, -0.15) is 0 Å². The quantitative estimate of drug-likeness (QED) is 0.0905. The summed E-state index contributed by atoms with van der Waals surface area (Å²) < 4.78 is 61.9. The lowest BCUT2D eigenvalue weighted by Crippen LogP contribution is -2.67. The summed E-state index contributed by atoms with van der Waals surface area (Å²) >= 11 is 0. The smallest absolute Gasteiger partial charge is 0.333 e. The number of aliphatic hydroxyl groups is 8. The number of hydrogen-bond acceptors (Lipinski definition) is 20. The second-order valence-corrected chi connectivity index (χ2v) is 18.2. The molecule has 65 heavy (non-hydrogen) atoms. The van der Waals surface area contributed by atoms with Crippen LogP contribution in [-0.2, 0) is 57.0 Å². The third kappa shape index (κ3) is 13.9. The zero-order valence-electron chi connectivity index (χ0n) is 38.6. The van der Waals surface area contributed by atoms with Crippen LogP contribution in [-0.4, -0.2) is 188 Å². The van der Waals surface area contributed by atoms with E-state index >= 15 is 0 Å². The molecule has 21 atom stereocenters. The van der Waals surface area contributed by atoms with Crippen molar-refractivity contribution >= 4 is 11.9 Å². The van der Waals surface area contributed by atoms with Gasteiger partial charge in [-0.05, 0) is 53.9 Å². The molecule has 2 bridgehead atoms. The Hall–Kier alpha value is -1.96. The van der Waals surface area contributed by atoms with Crippen LogP contribution in [0.25, 0.3) is 0 Å². The predicted molar refractivity (Wildman–Crippen MR) is 225 cm³/mol. The van der Waals surface area contributed by atoms with E-state index in [1.165, 1.54) is 26.8 Å². The van der Waals surface area contributed by atoms with Crippen LogP contribution in [0, 0.1) is 0 Å². The van der Waals surface area contributed by atoms with Crippen molar-refractivity contribution in [2.24, 2.45) is 0 Å². The van der Waals surface area contributed by atoms with Gasteiger partial charge >= 0.3 is 11.9 Å². The minimum absolute atomic E-state index is 0.0307. The van der Waals surface area contributed by atoms with Crippen molar-refractivity contribution in [2.75, 3.05) is 6.61 Å². The van der Waals surface area contributed by atoms with Crippen molar-refractivity contribution < 1.29 is 97.8 Å². The topological polar surface area (TPSA) is 288 Å². The Labute approximate surface area is 381 Å². The first-order valence-electron chi connectivity index (χ1n) is 23.6. The van der Waals surface area contributed by atoms with Gasteiger partial charge < -0.3 is 88.2 Å². The van der Waals surface area contributed by atoms with Gasteiger partial charge in [-0.15, -0.1) is 0 Å². The van der Waals surface area contributed by atoms with Gasteiger partial charge in [-0.1, -0.05) is 70.8 Å². The van der Waals surface area contributed by atoms with E-state index in [0.717, 1.165) is 57.8 Å². The fourth-order valence-electron chi connectivity index (χ4n) is 8.85. The number of hydrogen-bond donors (Lipinski definition) is 8. The van der Waals surface area contributed by atoms with Crippen molar-refractivity contribution in [1.29, 1.82) is 0 Å². The molecule has 0 aromatic heterocycles. The van der Waals surface area contributed by atoms with Crippen LogP contribution in [0.3, 0.4) is 0 Å². The molecule has 0 radical (unpaired) electrons. The molecule has 0 aliphatic carbocycles. The molecule has 5 saturated heterocycles. The summed E-state index contributed by atoms with van der Waals surface area (Å²) in [6, 6.07) is 0. The van der Waals surface area contributed by atoms with Crippen molar-refractivity contribution in [2.45, 2.75) is 254 Å². The van der Waals surface area contributed by atoms with Gasteiger partial charge in [0.2, 0.25) is 0 Å². The number of esters is 2. The lowest BCUT2D eigenvalue weighted by Gasteiger charge is -2.50. The molecule has 20 heteroatoms. The van der Waals surface area contributed by atoms with Gasteiger partial charge in [0.1, 0.15) is 67.1 Å². The highest BCUT2D eigenvalue weighted by atomic mass is 16.8. The SMILES string of the molecule is C/C=C(\C)C(=O)O[C@H]1[C@@H]2O[C@@H]3[C@H](O[C@H]4[C@H](O[C@@H](CCCCC)CCCCCCCCCC(=O)O[C@H]1[C@@H](O[C@@H]1O[C@@H](C)[C@@H](O)[C@@H](O)[C@@H]1O)[C@H](C)O2)O[C@H](C)[C@H](O)[C@H]4O)O[C@H](CO)[C@@H](O)[C@H]3O. The van der Waals surface area contributed by atoms with Gasteiger partial charge in [0.25, 0.3) is 0 Å². The van der Waals surface area contributed by atoms with Gasteiger partial charge in [-0.25, -0.2) is 4.79 Å². The second-order valence-electron chi connectivity index (χ2n) is 18.2. The Kier molecular flexibility index (Phi) is 21.3. The monoisotopic (exact) mass is 936 g/mol. The van der Waals surface area contributed by atoms with Gasteiger partial charge in [0.15, 0.2) is 37.4 Å². The molecule has 20 nitrogen and oxygen atoms in total. The first-order valence-corrected chi connectivity index (χ1v) is 23.6. The zero-order chi connectivity index (χ0) is 47.5. The largest absolute Gasteiger partial charge is 0.455 e. The molecule has 0 aromatic rings. The average Bonchev–Trinajstić information content (AvgIpc) is 3.28. The summed E-state index contributed by atoms with van der Waals surface area (Å²) in [5, 5.41) is 87.8. The van der Waals surface area contributed by atoms with Crippen LogP contribution < -0.4 is 0 Å². The van der Waals surface area contributed by atoms with Crippen molar-refractivity contribution in [3.8, 4) is 0 Å². The molecule has 0 amide bonds. The van der Waals surface area contributed by atoms with E-state index in [-0.39, 0.29) is 18.1 Å².